The number of nitrogen functional groups attached to an aromatic ring is 1. The molecule has 2 N–H and O–H groups in total. The Bertz CT molecular complexity index is 623. The van der Waals surface area contributed by atoms with Gasteiger partial charge in [-0.1, -0.05) is 0 Å². The predicted molar refractivity (Wildman–Crippen MR) is 84.8 cm³/mol. The van der Waals surface area contributed by atoms with Crippen LogP contribution < -0.4 is 5.73 Å². The average Bonchev–Trinajstić information content (AvgIpc) is 3.05. The molecule has 124 valence electrons. The molecule has 1 aromatic heterocycles. The number of aromatic nitrogens is 1. The van der Waals surface area contributed by atoms with Crippen molar-refractivity contribution in [2.24, 2.45) is 0 Å². The van der Waals surface area contributed by atoms with Gasteiger partial charge in [0.1, 0.15) is 11.4 Å². The first-order chi connectivity index (χ1) is 10.7. The van der Waals surface area contributed by atoms with Crippen LogP contribution in [0.2, 0.25) is 0 Å². The van der Waals surface area contributed by atoms with Gasteiger partial charge in [0, 0.05) is 19.3 Å². The SMILES string of the molecule is CC(C)(C)OC(=O)N1CC2C[C@H]1CN2C(=O)c1ccc(N)nc1. The van der Waals surface area contributed by atoms with Crippen LogP contribution in [0.3, 0.4) is 0 Å². The number of hydrogen-bond donors (Lipinski definition) is 1. The smallest absolute Gasteiger partial charge is 0.410 e. The van der Waals surface area contributed by atoms with E-state index in [9.17, 15) is 9.59 Å². The van der Waals surface area contributed by atoms with E-state index >= 15 is 0 Å². The fourth-order valence-corrected chi connectivity index (χ4v) is 3.16. The minimum atomic E-state index is -0.510. The van der Waals surface area contributed by atoms with E-state index in [4.69, 9.17) is 10.5 Å². The van der Waals surface area contributed by atoms with Crippen LogP contribution in [-0.2, 0) is 4.74 Å². The lowest BCUT2D eigenvalue weighted by atomic mass is 10.2. The predicted octanol–water partition coefficient (Wildman–Crippen LogP) is 1.50. The topological polar surface area (TPSA) is 88.8 Å². The van der Waals surface area contributed by atoms with Crippen molar-refractivity contribution in [3.63, 3.8) is 0 Å². The van der Waals surface area contributed by atoms with Gasteiger partial charge in [0.15, 0.2) is 0 Å². The van der Waals surface area contributed by atoms with Gasteiger partial charge in [0.2, 0.25) is 0 Å². The van der Waals surface area contributed by atoms with E-state index < -0.39 is 5.60 Å². The molecule has 3 rings (SSSR count). The fourth-order valence-electron chi connectivity index (χ4n) is 3.16. The minimum Gasteiger partial charge on any atom is -0.444 e. The molecule has 1 unspecified atom stereocenters. The standard InChI is InChI=1S/C16H22N4O3/c1-16(2,3)23-15(22)20-9-11-6-12(20)8-19(11)14(21)10-4-5-13(17)18-7-10/h4-5,7,11-12H,6,8-9H2,1-3H3,(H2,17,18)/t11?,12-/m0/s1. The van der Waals surface area contributed by atoms with Crippen molar-refractivity contribution in [2.75, 3.05) is 18.8 Å². The molecular formula is C16H22N4O3. The molecule has 7 nitrogen and oxygen atoms in total. The van der Waals surface area contributed by atoms with E-state index in [-0.39, 0.29) is 24.1 Å². The second-order valence-corrected chi connectivity index (χ2v) is 7.11. The van der Waals surface area contributed by atoms with E-state index in [1.54, 1.807) is 17.0 Å². The van der Waals surface area contributed by atoms with Gasteiger partial charge in [-0.15, -0.1) is 0 Å². The molecule has 2 aliphatic rings. The van der Waals surface area contributed by atoms with Crippen LogP contribution in [0, 0.1) is 0 Å². The number of carbonyl (C=O) groups is 2. The molecule has 0 aliphatic carbocycles. The number of carbonyl (C=O) groups excluding carboxylic acids is 2. The quantitative estimate of drug-likeness (QED) is 0.847. The van der Waals surface area contributed by atoms with Gasteiger partial charge in [-0.25, -0.2) is 9.78 Å². The van der Waals surface area contributed by atoms with E-state index in [1.807, 2.05) is 25.7 Å². The summed E-state index contributed by atoms with van der Waals surface area (Å²) in [6.45, 7) is 6.61. The number of nitrogens with two attached hydrogens (primary N) is 1. The molecule has 2 fully saturated rings. The summed E-state index contributed by atoms with van der Waals surface area (Å²) >= 11 is 0. The Morgan fingerprint density at radius 1 is 1.22 bits per heavy atom. The van der Waals surface area contributed by atoms with Gasteiger partial charge in [-0.2, -0.15) is 0 Å². The molecule has 0 aromatic carbocycles. The molecule has 2 saturated heterocycles. The van der Waals surface area contributed by atoms with Crippen LogP contribution in [0.15, 0.2) is 18.3 Å². The number of rotatable bonds is 1. The first-order valence-corrected chi connectivity index (χ1v) is 7.77. The summed E-state index contributed by atoms with van der Waals surface area (Å²) in [7, 11) is 0. The van der Waals surface area contributed by atoms with Gasteiger partial charge in [-0.3, -0.25) is 4.79 Å². The van der Waals surface area contributed by atoms with Crippen molar-refractivity contribution in [3.8, 4) is 0 Å². The number of likely N-dealkylation sites (tertiary alicyclic amines) is 2. The van der Waals surface area contributed by atoms with Crippen molar-refractivity contribution < 1.29 is 14.3 Å². The second-order valence-electron chi connectivity index (χ2n) is 7.11. The zero-order chi connectivity index (χ0) is 16.8. The Balaban J connectivity index is 1.65. The maximum atomic E-state index is 12.6. The summed E-state index contributed by atoms with van der Waals surface area (Å²) in [5.41, 5.74) is 5.56. The molecule has 0 radical (unpaired) electrons. The van der Waals surface area contributed by atoms with Gasteiger partial charge in [0.25, 0.3) is 5.91 Å². The van der Waals surface area contributed by atoms with E-state index in [0.717, 1.165) is 6.42 Å². The first kappa shape index (κ1) is 15.6. The number of pyridine rings is 1. The van der Waals surface area contributed by atoms with Crippen LogP contribution in [-0.4, -0.2) is 57.6 Å². The number of anilines is 1. The highest BCUT2D eigenvalue weighted by molar-refractivity contribution is 5.94. The minimum absolute atomic E-state index is 0.0283. The highest BCUT2D eigenvalue weighted by Crippen LogP contribution is 2.32. The number of nitrogens with zero attached hydrogens (tertiary/aromatic N) is 3. The summed E-state index contributed by atoms with van der Waals surface area (Å²) in [6.07, 6.45) is 1.99. The Morgan fingerprint density at radius 3 is 2.39 bits per heavy atom. The molecule has 2 amide bonds. The Labute approximate surface area is 135 Å². The van der Waals surface area contributed by atoms with Crippen LogP contribution in [0.5, 0.6) is 0 Å². The molecular weight excluding hydrogens is 296 g/mol. The number of hydrogen-bond acceptors (Lipinski definition) is 5. The largest absolute Gasteiger partial charge is 0.444 e. The zero-order valence-electron chi connectivity index (χ0n) is 13.7. The van der Waals surface area contributed by atoms with E-state index in [2.05, 4.69) is 4.98 Å². The normalized spacial score (nSPS) is 23.3. The third-order valence-corrected chi connectivity index (χ3v) is 4.16. The molecule has 23 heavy (non-hydrogen) atoms. The van der Waals surface area contributed by atoms with Crippen molar-refractivity contribution in [2.45, 2.75) is 44.9 Å². The van der Waals surface area contributed by atoms with Crippen molar-refractivity contribution >= 4 is 17.8 Å². The molecule has 3 heterocycles. The van der Waals surface area contributed by atoms with Crippen LogP contribution in [0.1, 0.15) is 37.6 Å². The second kappa shape index (κ2) is 5.40. The molecule has 0 spiro atoms. The number of fused-ring (bicyclic) bond motifs is 2. The van der Waals surface area contributed by atoms with Crippen molar-refractivity contribution in [3.05, 3.63) is 23.9 Å². The summed E-state index contributed by atoms with van der Waals surface area (Å²) in [5, 5.41) is 0. The molecule has 1 aromatic rings. The lowest BCUT2D eigenvalue weighted by Gasteiger charge is -2.35. The first-order valence-electron chi connectivity index (χ1n) is 7.77. The molecule has 2 atom stereocenters. The molecule has 2 bridgehead atoms. The van der Waals surface area contributed by atoms with Gasteiger partial charge < -0.3 is 20.3 Å². The monoisotopic (exact) mass is 318 g/mol. The van der Waals surface area contributed by atoms with Gasteiger partial charge in [-0.05, 0) is 39.3 Å². The van der Waals surface area contributed by atoms with Crippen LogP contribution >= 0.6 is 0 Å². The van der Waals surface area contributed by atoms with Crippen LogP contribution in [0.4, 0.5) is 10.6 Å². The Hall–Kier alpha value is -2.31. The molecule has 2 aliphatic heterocycles. The fraction of sp³-hybridized carbons (Fsp3) is 0.562. The molecule has 7 heteroatoms. The number of piperazine rings is 1. The highest BCUT2D eigenvalue weighted by Gasteiger charge is 2.48. The summed E-state index contributed by atoms with van der Waals surface area (Å²) in [4.78, 5) is 32.3. The summed E-state index contributed by atoms with van der Waals surface area (Å²) in [5.74, 6) is 0.328. The van der Waals surface area contributed by atoms with Gasteiger partial charge >= 0.3 is 6.09 Å². The van der Waals surface area contributed by atoms with Crippen molar-refractivity contribution in [1.82, 2.24) is 14.8 Å². The lowest BCUT2D eigenvalue weighted by molar-refractivity contribution is 0.0126. The summed E-state index contributed by atoms with van der Waals surface area (Å²) < 4.78 is 5.43. The Kier molecular flexibility index (Phi) is 3.66. The third-order valence-electron chi connectivity index (χ3n) is 4.16. The van der Waals surface area contributed by atoms with Crippen molar-refractivity contribution in [1.29, 1.82) is 0 Å². The van der Waals surface area contributed by atoms with Gasteiger partial charge in [0.05, 0.1) is 17.6 Å². The maximum absolute atomic E-state index is 12.6. The van der Waals surface area contributed by atoms with Crippen LogP contribution in [0.25, 0.3) is 0 Å². The van der Waals surface area contributed by atoms with E-state index in [0.29, 0.717) is 24.5 Å². The zero-order valence-corrected chi connectivity index (χ0v) is 13.7. The average molecular weight is 318 g/mol. The molecule has 0 saturated carbocycles. The lowest BCUT2D eigenvalue weighted by Crippen LogP contribution is -2.51. The number of ether oxygens (including phenoxy) is 1. The number of amides is 2. The van der Waals surface area contributed by atoms with E-state index in [1.165, 1.54) is 6.20 Å². The third kappa shape index (κ3) is 3.09. The Morgan fingerprint density at radius 2 is 1.87 bits per heavy atom. The summed E-state index contributed by atoms with van der Waals surface area (Å²) in [6, 6.07) is 3.37. The maximum Gasteiger partial charge on any atom is 0.410 e. The highest BCUT2D eigenvalue weighted by atomic mass is 16.6.